The van der Waals surface area contributed by atoms with Gasteiger partial charge in [0.05, 0.1) is 23.3 Å². The number of benzene rings is 1. The molecule has 0 bridgehead atoms. The van der Waals surface area contributed by atoms with Crippen LogP contribution in [0, 0.1) is 20.8 Å². The molecule has 8 nitrogen and oxygen atoms in total. The van der Waals surface area contributed by atoms with Crippen molar-refractivity contribution < 1.29 is 9.53 Å². The van der Waals surface area contributed by atoms with Gasteiger partial charge in [-0.2, -0.15) is 5.10 Å². The minimum absolute atomic E-state index is 0.129. The Hall–Kier alpha value is -3.26. The Morgan fingerprint density at radius 2 is 1.90 bits per heavy atom. The van der Waals surface area contributed by atoms with Gasteiger partial charge in [0.25, 0.3) is 5.91 Å². The van der Waals surface area contributed by atoms with E-state index in [2.05, 4.69) is 58.0 Å². The average molecular weight is 406 g/mol. The predicted molar refractivity (Wildman–Crippen MR) is 114 cm³/mol. The third kappa shape index (κ3) is 4.33. The number of aryl methyl sites for hydroxylation is 2. The summed E-state index contributed by atoms with van der Waals surface area (Å²) < 4.78 is 7.23. The van der Waals surface area contributed by atoms with Crippen LogP contribution in [0.1, 0.15) is 40.2 Å². The van der Waals surface area contributed by atoms with Crippen LogP contribution in [0.5, 0.6) is 0 Å². The van der Waals surface area contributed by atoms with E-state index in [1.165, 1.54) is 5.56 Å². The van der Waals surface area contributed by atoms with Gasteiger partial charge in [0.15, 0.2) is 11.5 Å². The van der Waals surface area contributed by atoms with Crippen molar-refractivity contribution in [3.8, 4) is 5.69 Å². The summed E-state index contributed by atoms with van der Waals surface area (Å²) >= 11 is 0. The topological polar surface area (TPSA) is 94.0 Å². The van der Waals surface area contributed by atoms with Gasteiger partial charge in [-0.25, -0.2) is 4.68 Å². The molecule has 1 amide bonds. The van der Waals surface area contributed by atoms with E-state index in [9.17, 15) is 4.79 Å². The zero-order valence-electron chi connectivity index (χ0n) is 17.5. The molecule has 0 aliphatic carbocycles. The lowest BCUT2D eigenvalue weighted by molar-refractivity contribution is 0.0693. The van der Waals surface area contributed by atoms with Crippen molar-refractivity contribution in [3.63, 3.8) is 0 Å². The highest BCUT2D eigenvalue weighted by Gasteiger charge is 2.18. The van der Waals surface area contributed by atoms with Crippen molar-refractivity contribution >= 4 is 17.4 Å². The summed E-state index contributed by atoms with van der Waals surface area (Å²) in [6, 6.07) is 9.85. The van der Waals surface area contributed by atoms with E-state index in [1.807, 2.05) is 11.6 Å². The number of ether oxygens (including phenoxy) is 1. The van der Waals surface area contributed by atoms with Gasteiger partial charge >= 0.3 is 0 Å². The maximum absolute atomic E-state index is 12.4. The number of nitrogens with zero attached hydrogens (tertiary/aromatic N) is 4. The molecule has 30 heavy (non-hydrogen) atoms. The fourth-order valence-corrected chi connectivity index (χ4v) is 3.48. The Morgan fingerprint density at radius 3 is 2.63 bits per heavy atom. The summed E-state index contributed by atoms with van der Waals surface area (Å²) in [5, 5.41) is 19.0. The highest BCUT2D eigenvalue weighted by Crippen LogP contribution is 2.24. The molecular weight excluding hydrogens is 380 g/mol. The van der Waals surface area contributed by atoms with E-state index < -0.39 is 0 Å². The second-order valence-corrected chi connectivity index (χ2v) is 7.63. The Morgan fingerprint density at radius 1 is 1.10 bits per heavy atom. The molecule has 8 heteroatoms. The SMILES string of the molecule is Cc1ccc(C)c(-n2ncc(Nc3ccc(C(=O)NC4CCOCC4)nn3)c2C)c1. The first kappa shape index (κ1) is 20.0. The summed E-state index contributed by atoms with van der Waals surface area (Å²) in [5.74, 6) is 0.348. The fraction of sp³-hybridized carbons (Fsp3) is 0.364. The Labute approximate surface area is 175 Å². The molecule has 1 fully saturated rings. The standard InChI is InChI=1S/C22H26N6O2/c1-14-4-5-15(2)20(12-14)28-16(3)19(13-23-28)25-21-7-6-18(26-27-21)22(29)24-17-8-10-30-11-9-17/h4-7,12-13,17H,8-11H2,1-3H3,(H,24,29)(H,25,27). The molecule has 1 aromatic carbocycles. The highest BCUT2D eigenvalue weighted by atomic mass is 16.5. The minimum Gasteiger partial charge on any atom is -0.381 e. The number of rotatable bonds is 5. The van der Waals surface area contributed by atoms with Crippen molar-refractivity contribution in [3.05, 3.63) is 59.0 Å². The van der Waals surface area contributed by atoms with E-state index in [4.69, 9.17) is 4.74 Å². The number of amides is 1. The van der Waals surface area contributed by atoms with Crippen LogP contribution in [0.2, 0.25) is 0 Å². The summed E-state index contributed by atoms with van der Waals surface area (Å²) in [7, 11) is 0. The van der Waals surface area contributed by atoms with E-state index >= 15 is 0 Å². The molecule has 0 atom stereocenters. The van der Waals surface area contributed by atoms with Gasteiger partial charge in [-0.3, -0.25) is 4.79 Å². The van der Waals surface area contributed by atoms with Crippen molar-refractivity contribution in [2.45, 2.75) is 39.7 Å². The molecule has 0 spiro atoms. The van der Waals surface area contributed by atoms with E-state index in [0.717, 1.165) is 35.5 Å². The zero-order chi connectivity index (χ0) is 21.1. The molecule has 2 N–H and O–H groups in total. The molecular formula is C22H26N6O2. The van der Waals surface area contributed by atoms with Crippen molar-refractivity contribution in [1.29, 1.82) is 0 Å². The van der Waals surface area contributed by atoms with Gasteiger partial charge in [0, 0.05) is 19.3 Å². The van der Waals surface area contributed by atoms with Crippen molar-refractivity contribution in [2.75, 3.05) is 18.5 Å². The van der Waals surface area contributed by atoms with Gasteiger partial charge in [-0.15, -0.1) is 10.2 Å². The molecule has 3 aromatic rings. The van der Waals surface area contributed by atoms with E-state index in [1.54, 1.807) is 18.3 Å². The predicted octanol–water partition coefficient (Wildman–Crippen LogP) is 3.24. The Bertz CT molecular complexity index is 1040. The number of carbonyl (C=O) groups is 1. The van der Waals surface area contributed by atoms with Gasteiger partial charge in [-0.05, 0) is 62.9 Å². The zero-order valence-corrected chi connectivity index (χ0v) is 17.5. The lowest BCUT2D eigenvalue weighted by Crippen LogP contribution is -2.39. The Kier molecular flexibility index (Phi) is 5.76. The number of aromatic nitrogens is 4. The van der Waals surface area contributed by atoms with Crippen molar-refractivity contribution in [2.24, 2.45) is 0 Å². The lowest BCUT2D eigenvalue weighted by atomic mass is 10.1. The number of carbonyl (C=O) groups excluding carboxylic acids is 1. The minimum atomic E-state index is -0.208. The van der Waals surface area contributed by atoms with Crippen molar-refractivity contribution in [1.82, 2.24) is 25.3 Å². The molecule has 156 valence electrons. The summed E-state index contributed by atoms with van der Waals surface area (Å²) in [6.07, 6.45) is 3.41. The van der Waals surface area contributed by atoms with Gasteiger partial charge < -0.3 is 15.4 Å². The second kappa shape index (κ2) is 8.62. The quantitative estimate of drug-likeness (QED) is 0.676. The van der Waals surface area contributed by atoms with E-state index in [-0.39, 0.29) is 11.9 Å². The Balaban J connectivity index is 1.45. The molecule has 0 unspecified atom stereocenters. The summed E-state index contributed by atoms with van der Waals surface area (Å²) in [5.41, 5.74) is 5.48. The molecule has 0 saturated carbocycles. The number of anilines is 2. The van der Waals surface area contributed by atoms with Gasteiger partial charge in [0.2, 0.25) is 0 Å². The molecule has 4 rings (SSSR count). The maximum atomic E-state index is 12.4. The molecule has 1 saturated heterocycles. The average Bonchev–Trinajstić information content (AvgIpc) is 3.11. The smallest absolute Gasteiger partial charge is 0.272 e. The number of nitrogens with one attached hydrogen (secondary N) is 2. The first-order chi connectivity index (χ1) is 14.5. The summed E-state index contributed by atoms with van der Waals surface area (Å²) in [4.78, 5) is 12.4. The second-order valence-electron chi connectivity index (χ2n) is 7.63. The first-order valence-electron chi connectivity index (χ1n) is 10.1. The van der Waals surface area contributed by atoms with Crippen LogP contribution in [0.3, 0.4) is 0 Å². The third-order valence-electron chi connectivity index (χ3n) is 5.32. The third-order valence-corrected chi connectivity index (χ3v) is 5.32. The molecule has 1 aliphatic rings. The van der Waals surface area contributed by atoms with Crippen LogP contribution in [-0.4, -0.2) is 45.1 Å². The van der Waals surface area contributed by atoms with Crippen LogP contribution in [0.15, 0.2) is 36.5 Å². The van der Waals surface area contributed by atoms with Crippen LogP contribution in [0.4, 0.5) is 11.5 Å². The van der Waals surface area contributed by atoms with E-state index in [0.29, 0.717) is 24.7 Å². The van der Waals surface area contributed by atoms with Crippen LogP contribution in [0.25, 0.3) is 5.69 Å². The number of hydrogen-bond donors (Lipinski definition) is 2. The van der Waals surface area contributed by atoms with Gasteiger partial charge in [0.1, 0.15) is 0 Å². The first-order valence-corrected chi connectivity index (χ1v) is 10.1. The van der Waals surface area contributed by atoms with Gasteiger partial charge in [-0.1, -0.05) is 12.1 Å². The summed E-state index contributed by atoms with van der Waals surface area (Å²) in [6.45, 7) is 7.48. The molecule has 2 aromatic heterocycles. The fourth-order valence-electron chi connectivity index (χ4n) is 3.48. The molecule has 1 aliphatic heterocycles. The van der Waals surface area contributed by atoms with Crippen LogP contribution >= 0.6 is 0 Å². The lowest BCUT2D eigenvalue weighted by Gasteiger charge is -2.22. The number of hydrogen-bond acceptors (Lipinski definition) is 6. The highest BCUT2D eigenvalue weighted by molar-refractivity contribution is 5.92. The molecule has 0 radical (unpaired) electrons. The maximum Gasteiger partial charge on any atom is 0.272 e. The van der Waals surface area contributed by atoms with Crippen LogP contribution in [-0.2, 0) is 4.74 Å². The molecule has 3 heterocycles. The largest absolute Gasteiger partial charge is 0.381 e. The normalized spacial score (nSPS) is 14.5. The monoisotopic (exact) mass is 406 g/mol. The van der Waals surface area contributed by atoms with Crippen LogP contribution < -0.4 is 10.6 Å².